The van der Waals surface area contributed by atoms with Gasteiger partial charge in [0.2, 0.25) is 5.91 Å². The third kappa shape index (κ3) is 4.25. The van der Waals surface area contributed by atoms with E-state index in [1.165, 1.54) is 22.2 Å². The molecule has 0 unspecified atom stereocenters. The number of amides is 1. The van der Waals surface area contributed by atoms with E-state index in [4.69, 9.17) is 0 Å². The number of rotatable bonds is 4. The molecule has 1 amide bonds. The number of benzene rings is 2. The minimum atomic E-state index is 0.0529. The second kappa shape index (κ2) is 8.21. The molecule has 0 spiro atoms. The van der Waals surface area contributed by atoms with Crippen molar-refractivity contribution >= 4 is 28.2 Å². The zero-order chi connectivity index (χ0) is 20.4. The van der Waals surface area contributed by atoms with Crippen LogP contribution < -0.4 is 10.2 Å². The van der Waals surface area contributed by atoms with E-state index in [9.17, 15) is 4.79 Å². The van der Waals surface area contributed by atoms with Crippen LogP contribution in [0.15, 0.2) is 48.7 Å². The van der Waals surface area contributed by atoms with Crippen molar-refractivity contribution in [3.63, 3.8) is 0 Å². The predicted octanol–water partition coefficient (Wildman–Crippen LogP) is 3.92. The summed E-state index contributed by atoms with van der Waals surface area (Å²) in [5.74, 6) is 0.0529. The second-order valence-electron chi connectivity index (χ2n) is 7.91. The Labute approximate surface area is 172 Å². The Morgan fingerprint density at radius 3 is 2.62 bits per heavy atom. The molecule has 1 aliphatic rings. The van der Waals surface area contributed by atoms with Crippen LogP contribution in [0.5, 0.6) is 0 Å². The highest BCUT2D eigenvalue weighted by atomic mass is 16.2. The summed E-state index contributed by atoms with van der Waals surface area (Å²) in [6, 6.07) is 14.5. The van der Waals surface area contributed by atoms with Gasteiger partial charge >= 0.3 is 0 Å². The van der Waals surface area contributed by atoms with Crippen molar-refractivity contribution in [1.82, 2.24) is 9.88 Å². The lowest BCUT2D eigenvalue weighted by atomic mass is 10.1. The standard InChI is InChI=1S/C24H28N4O/c1-17-7-8-22-20(15-17)23(9-10-25-22)28-13-11-27(12-14-28)16-24(29)26-21-6-4-5-18(2)19(21)3/h4-10,15H,11-14,16H2,1-3H3,(H,26,29). The van der Waals surface area contributed by atoms with Crippen LogP contribution in [0.4, 0.5) is 11.4 Å². The number of hydrogen-bond acceptors (Lipinski definition) is 4. The fraction of sp³-hybridized carbons (Fsp3) is 0.333. The van der Waals surface area contributed by atoms with Gasteiger partial charge in [0.05, 0.1) is 12.1 Å². The molecular weight excluding hydrogens is 360 g/mol. The summed E-state index contributed by atoms with van der Waals surface area (Å²) in [5.41, 5.74) is 6.74. The van der Waals surface area contributed by atoms with Crippen molar-refractivity contribution in [3.8, 4) is 0 Å². The lowest BCUT2D eigenvalue weighted by molar-refractivity contribution is -0.117. The average molecular weight is 389 g/mol. The second-order valence-corrected chi connectivity index (χ2v) is 7.91. The van der Waals surface area contributed by atoms with E-state index < -0.39 is 0 Å². The smallest absolute Gasteiger partial charge is 0.238 e. The Balaban J connectivity index is 1.38. The molecule has 150 valence electrons. The van der Waals surface area contributed by atoms with Gasteiger partial charge in [-0.3, -0.25) is 14.7 Å². The van der Waals surface area contributed by atoms with Crippen molar-refractivity contribution in [2.24, 2.45) is 0 Å². The van der Waals surface area contributed by atoms with Crippen LogP contribution >= 0.6 is 0 Å². The van der Waals surface area contributed by atoms with Gasteiger partial charge in [-0.15, -0.1) is 0 Å². The summed E-state index contributed by atoms with van der Waals surface area (Å²) in [4.78, 5) is 21.7. The number of piperazine rings is 1. The molecule has 2 heterocycles. The van der Waals surface area contributed by atoms with E-state index in [-0.39, 0.29) is 5.91 Å². The molecule has 5 heteroatoms. The number of aryl methyl sites for hydroxylation is 2. The largest absolute Gasteiger partial charge is 0.368 e. The third-order valence-corrected chi connectivity index (χ3v) is 5.83. The third-order valence-electron chi connectivity index (χ3n) is 5.83. The molecule has 0 saturated carbocycles. The molecule has 2 aromatic carbocycles. The molecule has 5 nitrogen and oxygen atoms in total. The van der Waals surface area contributed by atoms with Gasteiger partial charge in [0.1, 0.15) is 0 Å². The molecule has 1 aromatic heterocycles. The molecule has 4 rings (SSSR count). The highest BCUT2D eigenvalue weighted by Crippen LogP contribution is 2.27. The number of carbonyl (C=O) groups is 1. The fourth-order valence-electron chi connectivity index (χ4n) is 3.95. The summed E-state index contributed by atoms with van der Waals surface area (Å²) in [5, 5.41) is 4.27. The lowest BCUT2D eigenvalue weighted by Crippen LogP contribution is -2.48. The van der Waals surface area contributed by atoms with Crippen molar-refractivity contribution in [2.45, 2.75) is 20.8 Å². The highest BCUT2D eigenvalue weighted by molar-refractivity contribution is 5.93. The number of fused-ring (bicyclic) bond motifs is 1. The Kier molecular flexibility index (Phi) is 5.49. The molecule has 0 radical (unpaired) electrons. The zero-order valence-corrected chi connectivity index (χ0v) is 17.4. The van der Waals surface area contributed by atoms with Crippen LogP contribution in [0.25, 0.3) is 10.9 Å². The molecule has 0 atom stereocenters. The summed E-state index contributed by atoms with van der Waals surface area (Å²) < 4.78 is 0. The van der Waals surface area contributed by atoms with E-state index in [1.54, 1.807) is 0 Å². The first-order chi connectivity index (χ1) is 14.0. The van der Waals surface area contributed by atoms with Gasteiger partial charge in [0.25, 0.3) is 0 Å². The molecule has 0 bridgehead atoms. The molecule has 0 aliphatic carbocycles. The van der Waals surface area contributed by atoms with Crippen LogP contribution in [0.1, 0.15) is 16.7 Å². The van der Waals surface area contributed by atoms with Gasteiger partial charge in [-0.05, 0) is 56.2 Å². The number of anilines is 2. The molecule has 1 aliphatic heterocycles. The maximum atomic E-state index is 12.5. The first-order valence-corrected chi connectivity index (χ1v) is 10.2. The van der Waals surface area contributed by atoms with Gasteiger partial charge in [0, 0.05) is 49.1 Å². The van der Waals surface area contributed by atoms with E-state index in [2.05, 4.69) is 64.3 Å². The van der Waals surface area contributed by atoms with Crippen molar-refractivity contribution in [3.05, 3.63) is 65.4 Å². The number of aromatic nitrogens is 1. The molecule has 1 N–H and O–H groups in total. The number of hydrogen-bond donors (Lipinski definition) is 1. The van der Waals surface area contributed by atoms with Crippen molar-refractivity contribution < 1.29 is 4.79 Å². The Morgan fingerprint density at radius 2 is 1.83 bits per heavy atom. The van der Waals surface area contributed by atoms with E-state index in [1.807, 2.05) is 25.3 Å². The first-order valence-electron chi connectivity index (χ1n) is 10.2. The van der Waals surface area contributed by atoms with Crippen molar-refractivity contribution in [1.29, 1.82) is 0 Å². The van der Waals surface area contributed by atoms with Gasteiger partial charge in [-0.1, -0.05) is 23.8 Å². The highest BCUT2D eigenvalue weighted by Gasteiger charge is 2.21. The molecular formula is C24H28N4O. The summed E-state index contributed by atoms with van der Waals surface area (Å²) in [6.07, 6.45) is 1.89. The number of nitrogens with zero attached hydrogens (tertiary/aromatic N) is 3. The maximum Gasteiger partial charge on any atom is 0.238 e. The van der Waals surface area contributed by atoms with E-state index >= 15 is 0 Å². The fourth-order valence-corrected chi connectivity index (χ4v) is 3.95. The van der Waals surface area contributed by atoms with Gasteiger partial charge < -0.3 is 10.2 Å². The topological polar surface area (TPSA) is 48.5 Å². The molecule has 3 aromatic rings. The van der Waals surface area contributed by atoms with Crippen LogP contribution in [0.3, 0.4) is 0 Å². The normalized spacial score (nSPS) is 14.9. The van der Waals surface area contributed by atoms with E-state index in [0.29, 0.717) is 6.54 Å². The van der Waals surface area contributed by atoms with Gasteiger partial charge in [0.15, 0.2) is 0 Å². The summed E-state index contributed by atoms with van der Waals surface area (Å²) in [6.45, 7) is 10.2. The number of carbonyl (C=O) groups excluding carboxylic acids is 1. The van der Waals surface area contributed by atoms with Gasteiger partial charge in [-0.25, -0.2) is 0 Å². The number of pyridine rings is 1. The van der Waals surface area contributed by atoms with Crippen LogP contribution in [0, 0.1) is 20.8 Å². The predicted molar refractivity (Wildman–Crippen MR) is 120 cm³/mol. The van der Waals surface area contributed by atoms with Crippen LogP contribution in [-0.4, -0.2) is 48.5 Å². The van der Waals surface area contributed by atoms with Crippen molar-refractivity contribution in [2.75, 3.05) is 42.9 Å². The minimum Gasteiger partial charge on any atom is -0.368 e. The quantitative estimate of drug-likeness (QED) is 0.736. The molecule has 1 saturated heterocycles. The Bertz CT molecular complexity index is 1040. The van der Waals surface area contributed by atoms with Gasteiger partial charge in [-0.2, -0.15) is 0 Å². The maximum absolute atomic E-state index is 12.5. The Hall–Kier alpha value is -2.92. The summed E-state index contributed by atoms with van der Waals surface area (Å²) in [7, 11) is 0. The summed E-state index contributed by atoms with van der Waals surface area (Å²) >= 11 is 0. The molecule has 29 heavy (non-hydrogen) atoms. The van der Waals surface area contributed by atoms with Crippen LogP contribution in [-0.2, 0) is 4.79 Å². The Morgan fingerprint density at radius 1 is 1.03 bits per heavy atom. The lowest BCUT2D eigenvalue weighted by Gasteiger charge is -2.36. The molecule has 1 fully saturated rings. The first kappa shape index (κ1) is 19.4. The minimum absolute atomic E-state index is 0.0529. The van der Waals surface area contributed by atoms with E-state index in [0.717, 1.165) is 42.9 Å². The number of nitrogens with one attached hydrogen (secondary N) is 1. The average Bonchev–Trinajstić information content (AvgIpc) is 2.71. The van der Waals surface area contributed by atoms with Crippen LogP contribution in [0.2, 0.25) is 0 Å². The zero-order valence-electron chi connectivity index (χ0n) is 17.4. The SMILES string of the molecule is Cc1ccc2nccc(N3CCN(CC(=O)Nc4cccc(C)c4C)CC3)c2c1. The monoisotopic (exact) mass is 388 g/mol.